The van der Waals surface area contributed by atoms with E-state index in [4.69, 9.17) is 0 Å². The molecule has 0 fully saturated rings. The fourth-order valence-corrected chi connectivity index (χ4v) is 3.42. The van der Waals surface area contributed by atoms with E-state index >= 15 is 0 Å². The third-order valence-electron chi connectivity index (χ3n) is 5.15. The maximum atomic E-state index is 11.4. The highest BCUT2D eigenvalue weighted by molar-refractivity contribution is 5.87. The Balaban J connectivity index is 1.56. The molecule has 32 heavy (non-hydrogen) atoms. The summed E-state index contributed by atoms with van der Waals surface area (Å²) in [7, 11) is 0. The Morgan fingerprint density at radius 3 is 2.41 bits per heavy atom. The van der Waals surface area contributed by atoms with E-state index in [9.17, 15) is 9.90 Å². The van der Waals surface area contributed by atoms with Gasteiger partial charge in [-0.25, -0.2) is 4.98 Å². The summed E-state index contributed by atoms with van der Waals surface area (Å²) in [5.41, 5.74) is 3.60. The van der Waals surface area contributed by atoms with Crippen molar-refractivity contribution in [1.82, 2.24) is 19.5 Å². The molecule has 1 unspecified atom stereocenters. The second kappa shape index (κ2) is 9.91. The predicted octanol–water partition coefficient (Wildman–Crippen LogP) is 3.80. The molecule has 2 aromatic heterocycles. The summed E-state index contributed by atoms with van der Waals surface area (Å²) in [4.78, 5) is 25.0. The first-order valence-corrected chi connectivity index (χ1v) is 10.6. The third kappa shape index (κ3) is 5.21. The fraction of sp³-hybridized carbons (Fsp3) is 0.250. The topological polar surface area (TPSA) is 105 Å². The minimum absolute atomic E-state index is 0.405. The van der Waals surface area contributed by atoms with Crippen LogP contribution in [0.2, 0.25) is 0 Å². The van der Waals surface area contributed by atoms with Crippen molar-refractivity contribution in [3.8, 4) is 0 Å². The molecule has 0 aliphatic rings. The number of imidazole rings is 1. The van der Waals surface area contributed by atoms with Gasteiger partial charge in [-0.15, -0.1) is 0 Å². The van der Waals surface area contributed by atoms with Crippen molar-refractivity contribution in [2.24, 2.45) is 0 Å². The lowest BCUT2D eigenvalue weighted by Crippen LogP contribution is -2.26. The molecule has 1 atom stereocenters. The predicted molar refractivity (Wildman–Crippen MR) is 125 cm³/mol. The van der Waals surface area contributed by atoms with E-state index in [1.807, 2.05) is 53.1 Å². The van der Waals surface area contributed by atoms with Crippen molar-refractivity contribution in [3.05, 3.63) is 78.1 Å². The molecule has 0 saturated heterocycles. The number of hydrogen-bond acceptors (Lipinski definition) is 6. The Kier molecular flexibility index (Phi) is 6.60. The molecule has 0 aliphatic carbocycles. The molecule has 0 bridgehead atoms. The molecule has 8 nitrogen and oxygen atoms in total. The van der Waals surface area contributed by atoms with Gasteiger partial charge in [0.05, 0.1) is 12.9 Å². The molecule has 164 valence electrons. The monoisotopic (exact) mass is 430 g/mol. The van der Waals surface area contributed by atoms with Crippen molar-refractivity contribution in [2.45, 2.75) is 32.4 Å². The molecule has 0 amide bonds. The lowest BCUT2D eigenvalue weighted by atomic mass is 10.1. The van der Waals surface area contributed by atoms with E-state index in [1.54, 1.807) is 13.3 Å². The van der Waals surface area contributed by atoms with Gasteiger partial charge in [-0.05, 0) is 30.9 Å². The van der Waals surface area contributed by atoms with E-state index in [0.29, 0.717) is 36.0 Å². The summed E-state index contributed by atoms with van der Waals surface area (Å²) in [5, 5.41) is 15.6. The number of hydrogen-bond donors (Lipinski definition) is 3. The molecular formula is C24H26N6O2. The molecule has 2 heterocycles. The second-order valence-corrected chi connectivity index (χ2v) is 7.65. The zero-order valence-corrected chi connectivity index (χ0v) is 17.9. The largest absolute Gasteiger partial charge is 0.480 e. The molecule has 0 spiro atoms. The van der Waals surface area contributed by atoms with Crippen LogP contribution in [0, 0.1) is 0 Å². The Bertz CT molecular complexity index is 1180. The Labute approximate surface area is 186 Å². The van der Waals surface area contributed by atoms with E-state index in [0.717, 1.165) is 18.4 Å². The van der Waals surface area contributed by atoms with Gasteiger partial charge in [0.2, 0.25) is 5.95 Å². The summed E-state index contributed by atoms with van der Waals surface area (Å²) in [6, 6.07) is 19.5. The number of carboxylic acid groups (broad SMARTS) is 1. The lowest BCUT2D eigenvalue weighted by molar-refractivity contribution is -0.137. The van der Waals surface area contributed by atoms with E-state index in [1.165, 1.54) is 5.56 Å². The molecule has 0 aliphatic heterocycles. The number of fused-ring (bicyclic) bond motifs is 1. The number of carbonyl (C=O) groups is 1. The first-order valence-electron chi connectivity index (χ1n) is 10.6. The molecule has 4 aromatic rings. The van der Waals surface area contributed by atoms with Crippen LogP contribution in [0.5, 0.6) is 0 Å². The quantitative estimate of drug-likeness (QED) is 0.329. The summed E-state index contributed by atoms with van der Waals surface area (Å²) >= 11 is 0. The van der Waals surface area contributed by atoms with E-state index in [-0.39, 0.29) is 0 Å². The van der Waals surface area contributed by atoms with Crippen molar-refractivity contribution in [2.75, 3.05) is 17.2 Å². The van der Waals surface area contributed by atoms with Gasteiger partial charge in [-0.1, -0.05) is 60.7 Å². The van der Waals surface area contributed by atoms with Crippen molar-refractivity contribution in [1.29, 1.82) is 0 Å². The first-order chi connectivity index (χ1) is 15.6. The lowest BCUT2D eigenvalue weighted by Gasteiger charge is -2.13. The van der Waals surface area contributed by atoms with Crippen LogP contribution < -0.4 is 10.6 Å². The SMILES string of the molecule is CC(Nc1nc(NCCCc2ccccc2)nc2c1ncn2Cc1ccccc1)C(=O)O. The maximum Gasteiger partial charge on any atom is 0.325 e. The number of nitrogens with one attached hydrogen (secondary N) is 2. The fourth-order valence-electron chi connectivity index (χ4n) is 3.42. The number of nitrogens with zero attached hydrogens (tertiary/aromatic N) is 4. The Hall–Kier alpha value is -3.94. The normalized spacial score (nSPS) is 11.9. The van der Waals surface area contributed by atoms with Gasteiger partial charge in [0, 0.05) is 6.54 Å². The minimum Gasteiger partial charge on any atom is -0.480 e. The van der Waals surface area contributed by atoms with Gasteiger partial charge < -0.3 is 20.3 Å². The van der Waals surface area contributed by atoms with Crippen molar-refractivity contribution >= 4 is 28.9 Å². The number of aryl methyl sites for hydroxylation is 1. The Morgan fingerprint density at radius 2 is 1.72 bits per heavy atom. The molecule has 0 radical (unpaired) electrons. The first kappa shape index (κ1) is 21.3. The highest BCUT2D eigenvalue weighted by atomic mass is 16.4. The third-order valence-corrected chi connectivity index (χ3v) is 5.15. The minimum atomic E-state index is -0.960. The Morgan fingerprint density at radius 1 is 1.03 bits per heavy atom. The molecule has 2 aromatic carbocycles. The molecule has 8 heteroatoms. The van der Waals surface area contributed by atoms with Crippen LogP contribution in [0.4, 0.5) is 11.8 Å². The second-order valence-electron chi connectivity index (χ2n) is 7.65. The number of carboxylic acids is 1. The van der Waals surface area contributed by atoms with Crippen LogP contribution in [-0.2, 0) is 17.8 Å². The summed E-state index contributed by atoms with van der Waals surface area (Å²) in [6.07, 6.45) is 3.58. The van der Waals surface area contributed by atoms with Crippen LogP contribution in [0.15, 0.2) is 67.0 Å². The molecule has 0 saturated carbocycles. The van der Waals surface area contributed by atoms with Crippen LogP contribution in [-0.4, -0.2) is 43.2 Å². The molecule has 3 N–H and O–H groups in total. The summed E-state index contributed by atoms with van der Waals surface area (Å²) in [6.45, 7) is 2.88. The zero-order chi connectivity index (χ0) is 22.3. The van der Waals surface area contributed by atoms with Gasteiger partial charge in [0.25, 0.3) is 0 Å². The van der Waals surface area contributed by atoms with Gasteiger partial charge in [0.15, 0.2) is 17.0 Å². The highest BCUT2D eigenvalue weighted by Crippen LogP contribution is 2.22. The number of benzene rings is 2. The van der Waals surface area contributed by atoms with E-state index in [2.05, 4.69) is 37.7 Å². The van der Waals surface area contributed by atoms with Crippen LogP contribution in [0.1, 0.15) is 24.5 Å². The van der Waals surface area contributed by atoms with Crippen LogP contribution in [0.3, 0.4) is 0 Å². The van der Waals surface area contributed by atoms with Crippen molar-refractivity contribution in [3.63, 3.8) is 0 Å². The van der Waals surface area contributed by atoms with Gasteiger partial charge in [-0.2, -0.15) is 9.97 Å². The average Bonchev–Trinajstić information content (AvgIpc) is 3.21. The standard InChI is InChI=1S/C24H26N6O2/c1-17(23(31)32)27-21-20-22(30(16-26-20)15-19-11-6-3-7-12-19)29-24(28-21)25-14-8-13-18-9-4-2-5-10-18/h2-7,9-12,16-17H,8,13-15H2,1H3,(H,31,32)(H2,25,27,28,29). The number of rotatable bonds is 10. The smallest absolute Gasteiger partial charge is 0.325 e. The zero-order valence-electron chi connectivity index (χ0n) is 17.9. The van der Waals surface area contributed by atoms with Crippen LogP contribution >= 0.6 is 0 Å². The van der Waals surface area contributed by atoms with E-state index < -0.39 is 12.0 Å². The van der Waals surface area contributed by atoms with Gasteiger partial charge in [-0.3, -0.25) is 4.79 Å². The maximum absolute atomic E-state index is 11.4. The highest BCUT2D eigenvalue weighted by Gasteiger charge is 2.18. The molecule has 4 rings (SSSR count). The summed E-state index contributed by atoms with van der Waals surface area (Å²) in [5.74, 6) is -0.111. The van der Waals surface area contributed by atoms with Gasteiger partial charge in [0.1, 0.15) is 6.04 Å². The number of anilines is 2. The number of aliphatic carboxylic acids is 1. The van der Waals surface area contributed by atoms with Gasteiger partial charge >= 0.3 is 5.97 Å². The average molecular weight is 431 g/mol. The van der Waals surface area contributed by atoms with Crippen LogP contribution in [0.25, 0.3) is 11.2 Å². The summed E-state index contributed by atoms with van der Waals surface area (Å²) < 4.78 is 1.94. The molecular weight excluding hydrogens is 404 g/mol. The number of aromatic nitrogens is 4. The van der Waals surface area contributed by atoms with Crippen molar-refractivity contribution < 1.29 is 9.90 Å².